The summed E-state index contributed by atoms with van der Waals surface area (Å²) in [6.45, 7) is 13.5. The first-order valence-electron chi connectivity index (χ1n) is 8.10. The van der Waals surface area contributed by atoms with E-state index in [1.807, 2.05) is 18.3 Å². The highest BCUT2D eigenvalue weighted by Crippen LogP contribution is 2.39. The molecule has 0 aliphatic rings. The molecule has 3 heteroatoms. The summed E-state index contributed by atoms with van der Waals surface area (Å²) in [6, 6.07) is 8.13. The average Bonchev–Trinajstić information content (AvgIpc) is 2.44. The van der Waals surface area contributed by atoms with Crippen LogP contribution in [0, 0.1) is 0 Å². The van der Waals surface area contributed by atoms with Crippen LogP contribution >= 0.6 is 0 Å². The molecule has 2 aromatic rings. The predicted octanol–water partition coefficient (Wildman–Crippen LogP) is 4.99. The van der Waals surface area contributed by atoms with Gasteiger partial charge in [-0.25, -0.2) is 0 Å². The fourth-order valence-corrected chi connectivity index (χ4v) is 2.61. The van der Waals surface area contributed by atoms with Crippen LogP contribution in [0.3, 0.4) is 0 Å². The lowest BCUT2D eigenvalue weighted by Gasteiger charge is -2.28. The Hall–Kier alpha value is -2.03. The van der Waals surface area contributed by atoms with E-state index in [2.05, 4.69) is 64.0 Å². The summed E-state index contributed by atoms with van der Waals surface area (Å²) >= 11 is 0. The van der Waals surface area contributed by atoms with Gasteiger partial charge in [0, 0.05) is 18.9 Å². The van der Waals surface area contributed by atoms with Crippen molar-refractivity contribution in [1.29, 1.82) is 0 Å². The lowest BCUT2D eigenvalue weighted by molar-refractivity contribution is 0.423. The van der Waals surface area contributed by atoms with Crippen molar-refractivity contribution in [2.75, 3.05) is 5.32 Å². The third-order valence-electron chi connectivity index (χ3n) is 3.94. The number of rotatable bonds is 3. The number of benzene rings is 1. The third kappa shape index (κ3) is 4.25. The molecule has 1 aromatic carbocycles. The van der Waals surface area contributed by atoms with Crippen molar-refractivity contribution in [3.8, 4) is 5.75 Å². The van der Waals surface area contributed by atoms with Gasteiger partial charge in [0.15, 0.2) is 0 Å². The largest absolute Gasteiger partial charge is 0.507 e. The Bertz CT molecular complexity index is 629. The number of phenolic OH excluding ortho intramolecular Hbond substituents is 1. The molecular weight excluding hydrogens is 284 g/mol. The minimum Gasteiger partial charge on any atom is -0.507 e. The van der Waals surface area contributed by atoms with Crippen molar-refractivity contribution in [2.24, 2.45) is 0 Å². The lowest BCUT2D eigenvalue weighted by atomic mass is 9.78. The van der Waals surface area contributed by atoms with Crippen molar-refractivity contribution in [3.63, 3.8) is 0 Å². The number of anilines is 1. The van der Waals surface area contributed by atoms with Crippen molar-refractivity contribution in [1.82, 2.24) is 4.98 Å². The van der Waals surface area contributed by atoms with E-state index in [-0.39, 0.29) is 10.8 Å². The van der Waals surface area contributed by atoms with Gasteiger partial charge < -0.3 is 10.4 Å². The molecule has 0 radical (unpaired) electrons. The number of nitrogens with one attached hydrogen (secondary N) is 1. The standard InChI is InChI=1S/C20H28N2O/c1-19(2,3)16-10-14(11-17(18(16)23)20(4,5)6)12-22-15-8-7-9-21-13-15/h7-11,13,22-23H,12H2,1-6H3. The monoisotopic (exact) mass is 312 g/mol. The highest BCUT2D eigenvalue weighted by atomic mass is 16.3. The number of pyridine rings is 1. The molecule has 0 fully saturated rings. The fourth-order valence-electron chi connectivity index (χ4n) is 2.61. The van der Waals surface area contributed by atoms with Gasteiger partial charge in [-0.05, 0) is 51.8 Å². The first kappa shape index (κ1) is 17.3. The molecule has 0 bridgehead atoms. The molecular formula is C20H28N2O. The van der Waals surface area contributed by atoms with Gasteiger partial charge in [0.05, 0.1) is 5.69 Å². The van der Waals surface area contributed by atoms with Crippen LogP contribution in [0.4, 0.5) is 5.69 Å². The molecule has 0 aliphatic heterocycles. The number of phenols is 1. The lowest BCUT2D eigenvalue weighted by Crippen LogP contribution is -2.18. The second-order valence-corrected chi connectivity index (χ2v) is 8.13. The molecule has 0 atom stereocenters. The topological polar surface area (TPSA) is 45.2 Å². The zero-order chi connectivity index (χ0) is 17.3. The van der Waals surface area contributed by atoms with Crippen LogP contribution in [0.25, 0.3) is 0 Å². The summed E-state index contributed by atoms with van der Waals surface area (Å²) in [5, 5.41) is 14.1. The van der Waals surface area contributed by atoms with Crippen molar-refractivity contribution in [2.45, 2.75) is 58.9 Å². The molecule has 0 unspecified atom stereocenters. The Morgan fingerprint density at radius 1 is 1.00 bits per heavy atom. The molecule has 0 saturated carbocycles. The fraction of sp³-hybridized carbons (Fsp3) is 0.450. The molecule has 0 spiro atoms. The molecule has 124 valence electrons. The van der Waals surface area contributed by atoms with Gasteiger partial charge >= 0.3 is 0 Å². The van der Waals surface area contributed by atoms with E-state index >= 15 is 0 Å². The average molecular weight is 312 g/mol. The maximum absolute atomic E-state index is 10.7. The number of aromatic nitrogens is 1. The van der Waals surface area contributed by atoms with Crippen LogP contribution in [-0.2, 0) is 17.4 Å². The molecule has 3 nitrogen and oxygen atoms in total. The normalized spacial score (nSPS) is 12.3. The van der Waals surface area contributed by atoms with Gasteiger partial charge in [0.1, 0.15) is 5.75 Å². The SMILES string of the molecule is CC(C)(C)c1cc(CNc2cccnc2)cc(C(C)(C)C)c1O. The van der Waals surface area contributed by atoms with Crippen molar-refractivity contribution in [3.05, 3.63) is 53.3 Å². The van der Waals surface area contributed by atoms with Crippen molar-refractivity contribution >= 4 is 5.69 Å². The number of hydrogen-bond donors (Lipinski definition) is 2. The smallest absolute Gasteiger partial charge is 0.123 e. The van der Waals surface area contributed by atoms with E-state index in [1.165, 1.54) is 5.56 Å². The highest BCUT2D eigenvalue weighted by molar-refractivity contribution is 5.51. The van der Waals surface area contributed by atoms with E-state index in [0.29, 0.717) is 12.3 Å². The maximum Gasteiger partial charge on any atom is 0.123 e. The van der Waals surface area contributed by atoms with E-state index in [4.69, 9.17) is 0 Å². The molecule has 0 saturated heterocycles. The zero-order valence-corrected chi connectivity index (χ0v) is 15.1. The first-order chi connectivity index (χ1) is 10.6. The predicted molar refractivity (Wildman–Crippen MR) is 97.1 cm³/mol. The zero-order valence-electron chi connectivity index (χ0n) is 15.1. The molecule has 2 N–H and O–H groups in total. The molecule has 23 heavy (non-hydrogen) atoms. The van der Waals surface area contributed by atoms with Gasteiger partial charge in [-0.15, -0.1) is 0 Å². The summed E-state index contributed by atoms with van der Waals surface area (Å²) in [7, 11) is 0. The van der Waals surface area contributed by atoms with Crippen LogP contribution in [0.1, 0.15) is 58.2 Å². The van der Waals surface area contributed by atoms with Gasteiger partial charge in [0.2, 0.25) is 0 Å². The van der Waals surface area contributed by atoms with Crippen LogP contribution in [0.5, 0.6) is 5.75 Å². The molecule has 1 aromatic heterocycles. The molecule has 0 amide bonds. The highest BCUT2D eigenvalue weighted by Gasteiger charge is 2.26. The van der Waals surface area contributed by atoms with Crippen LogP contribution < -0.4 is 5.32 Å². The van der Waals surface area contributed by atoms with E-state index < -0.39 is 0 Å². The van der Waals surface area contributed by atoms with E-state index in [0.717, 1.165) is 16.8 Å². The van der Waals surface area contributed by atoms with Crippen molar-refractivity contribution < 1.29 is 5.11 Å². The Balaban J connectivity index is 2.40. The van der Waals surface area contributed by atoms with E-state index in [9.17, 15) is 5.11 Å². The second-order valence-electron chi connectivity index (χ2n) is 8.13. The Morgan fingerprint density at radius 2 is 1.57 bits per heavy atom. The third-order valence-corrected chi connectivity index (χ3v) is 3.94. The van der Waals surface area contributed by atoms with Crippen LogP contribution in [-0.4, -0.2) is 10.1 Å². The number of nitrogens with zero attached hydrogens (tertiary/aromatic N) is 1. The van der Waals surface area contributed by atoms with Gasteiger partial charge in [0.25, 0.3) is 0 Å². The Labute approximate surface area is 139 Å². The maximum atomic E-state index is 10.7. The summed E-state index contributed by atoms with van der Waals surface area (Å²) in [5.41, 5.74) is 3.94. The van der Waals surface area contributed by atoms with Crippen LogP contribution in [0.15, 0.2) is 36.7 Å². The molecule has 0 aliphatic carbocycles. The first-order valence-corrected chi connectivity index (χ1v) is 8.10. The molecule has 1 heterocycles. The summed E-state index contributed by atoms with van der Waals surface area (Å²) in [6.07, 6.45) is 3.58. The number of hydrogen-bond acceptors (Lipinski definition) is 3. The summed E-state index contributed by atoms with van der Waals surface area (Å²) < 4.78 is 0. The Morgan fingerprint density at radius 3 is 2.00 bits per heavy atom. The minimum atomic E-state index is -0.103. The Kier molecular flexibility index (Phi) is 4.69. The van der Waals surface area contributed by atoms with Gasteiger partial charge in [-0.1, -0.05) is 41.5 Å². The number of aromatic hydroxyl groups is 1. The summed E-state index contributed by atoms with van der Waals surface area (Å²) in [5.74, 6) is 0.426. The quantitative estimate of drug-likeness (QED) is 0.839. The second kappa shape index (κ2) is 6.23. The minimum absolute atomic E-state index is 0.103. The van der Waals surface area contributed by atoms with Gasteiger partial charge in [-0.3, -0.25) is 4.98 Å². The van der Waals surface area contributed by atoms with Gasteiger partial charge in [-0.2, -0.15) is 0 Å². The summed E-state index contributed by atoms with van der Waals surface area (Å²) in [4.78, 5) is 4.12. The molecule has 2 rings (SSSR count). The van der Waals surface area contributed by atoms with Crippen LogP contribution in [0.2, 0.25) is 0 Å². The van der Waals surface area contributed by atoms with E-state index in [1.54, 1.807) is 6.20 Å².